The standard InChI is InChI=1S/C22H17ClF2N4OS/c1-2-30-12-7-16(24)14(17(25)8-12)9-29-19-6-4-3-5-13(19)20(28-29)22-26-18-11-31-10-15(18)21(23)27-22/h3-8H,2,9-11H2,1H3. The van der Waals surface area contributed by atoms with Crippen LogP contribution in [-0.2, 0) is 18.1 Å². The molecule has 2 aromatic carbocycles. The van der Waals surface area contributed by atoms with Crippen LogP contribution in [0.5, 0.6) is 5.75 Å². The molecule has 0 amide bonds. The van der Waals surface area contributed by atoms with Gasteiger partial charge in [0, 0.05) is 40.2 Å². The Kier molecular flexibility index (Phi) is 5.27. The van der Waals surface area contributed by atoms with Crippen molar-refractivity contribution in [3.8, 4) is 17.3 Å². The Bertz CT molecular complexity index is 1290. The number of thioether (sulfide) groups is 1. The van der Waals surface area contributed by atoms with Crippen LogP contribution in [0, 0.1) is 11.6 Å². The molecular weight excluding hydrogens is 442 g/mol. The second kappa shape index (κ2) is 8.09. The van der Waals surface area contributed by atoms with Gasteiger partial charge in [-0.3, -0.25) is 4.68 Å². The molecule has 0 radical (unpaired) electrons. The first-order valence-corrected chi connectivity index (χ1v) is 11.3. The molecule has 0 spiro atoms. The lowest BCUT2D eigenvalue weighted by molar-refractivity contribution is 0.335. The maximum absolute atomic E-state index is 14.6. The summed E-state index contributed by atoms with van der Waals surface area (Å²) in [6, 6.07) is 9.84. The number of halogens is 3. The molecule has 9 heteroatoms. The van der Waals surface area contributed by atoms with E-state index in [1.54, 1.807) is 23.4 Å². The number of aromatic nitrogens is 4. The molecule has 0 saturated carbocycles. The largest absolute Gasteiger partial charge is 0.494 e. The van der Waals surface area contributed by atoms with Gasteiger partial charge in [0.25, 0.3) is 0 Å². The second-order valence-corrected chi connectivity index (χ2v) is 8.42. The van der Waals surface area contributed by atoms with Gasteiger partial charge in [-0.15, -0.1) is 0 Å². The molecule has 1 aliphatic heterocycles. The van der Waals surface area contributed by atoms with E-state index in [1.807, 2.05) is 24.3 Å². The molecule has 0 bridgehead atoms. The molecule has 1 aliphatic rings. The number of ether oxygens (including phenoxy) is 1. The fourth-order valence-corrected chi connectivity index (χ4v) is 5.04. The van der Waals surface area contributed by atoms with Crippen LogP contribution >= 0.6 is 23.4 Å². The van der Waals surface area contributed by atoms with Crippen LogP contribution in [0.15, 0.2) is 36.4 Å². The SMILES string of the molecule is CCOc1cc(F)c(Cn2nc(-c3nc(Cl)c4c(n3)CSC4)c3ccccc32)c(F)c1. The minimum Gasteiger partial charge on any atom is -0.494 e. The molecule has 0 saturated heterocycles. The monoisotopic (exact) mass is 458 g/mol. The normalized spacial score (nSPS) is 13.0. The highest BCUT2D eigenvalue weighted by Gasteiger charge is 2.23. The molecule has 0 fully saturated rings. The van der Waals surface area contributed by atoms with Gasteiger partial charge in [0.2, 0.25) is 0 Å². The van der Waals surface area contributed by atoms with E-state index in [0.717, 1.165) is 33.7 Å². The lowest BCUT2D eigenvalue weighted by Crippen LogP contribution is -2.07. The third-order valence-electron chi connectivity index (χ3n) is 5.13. The van der Waals surface area contributed by atoms with Crippen LogP contribution in [0.2, 0.25) is 5.15 Å². The predicted molar refractivity (Wildman–Crippen MR) is 117 cm³/mol. The van der Waals surface area contributed by atoms with Crippen molar-refractivity contribution in [1.29, 1.82) is 0 Å². The molecule has 5 nitrogen and oxygen atoms in total. The van der Waals surface area contributed by atoms with E-state index >= 15 is 0 Å². The van der Waals surface area contributed by atoms with E-state index < -0.39 is 11.6 Å². The molecule has 2 aromatic heterocycles. The van der Waals surface area contributed by atoms with Crippen molar-refractivity contribution in [3.63, 3.8) is 0 Å². The number of hydrogen-bond donors (Lipinski definition) is 0. The van der Waals surface area contributed by atoms with Gasteiger partial charge in [-0.05, 0) is 13.0 Å². The van der Waals surface area contributed by atoms with E-state index in [2.05, 4.69) is 15.1 Å². The van der Waals surface area contributed by atoms with Crippen molar-refractivity contribution in [3.05, 3.63) is 70.0 Å². The Morgan fingerprint density at radius 1 is 1.13 bits per heavy atom. The van der Waals surface area contributed by atoms with E-state index in [1.165, 1.54) is 12.1 Å². The van der Waals surface area contributed by atoms with Gasteiger partial charge in [-0.1, -0.05) is 29.8 Å². The zero-order valence-corrected chi connectivity index (χ0v) is 18.1. The van der Waals surface area contributed by atoms with Gasteiger partial charge in [-0.2, -0.15) is 16.9 Å². The molecule has 0 N–H and O–H groups in total. The first-order valence-electron chi connectivity index (χ1n) is 9.74. The minimum atomic E-state index is -0.682. The van der Waals surface area contributed by atoms with E-state index in [9.17, 15) is 8.78 Å². The number of rotatable bonds is 5. The molecule has 31 heavy (non-hydrogen) atoms. The van der Waals surface area contributed by atoms with Gasteiger partial charge in [-0.25, -0.2) is 18.7 Å². The predicted octanol–water partition coefficient (Wildman–Crippen LogP) is 5.62. The molecule has 5 rings (SSSR count). The molecule has 0 atom stereocenters. The zero-order valence-electron chi connectivity index (χ0n) is 16.5. The highest BCUT2D eigenvalue weighted by Crippen LogP contribution is 2.35. The van der Waals surface area contributed by atoms with Crippen molar-refractivity contribution >= 4 is 34.3 Å². The summed E-state index contributed by atoms with van der Waals surface area (Å²) in [4.78, 5) is 9.12. The van der Waals surface area contributed by atoms with Crippen LogP contribution in [0.3, 0.4) is 0 Å². The van der Waals surface area contributed by atoms with E-state index in [4.69, 9.17) is 16.3 Å². The summed E-state index contributed by atoms with van der Waals surface area (Å²) >= 11 is 8.12. The lowest BCUT2D eigenvalue weighted by Gasteiger charge is -2.09. The summed E-state index contributed by atoms with van der Waals surface area (Å²) in [6.07, 6.45) is 0. The van der Waals surface area contributed by atoms with E-state index in [-0.39, 0.29) is 17.9 Å². The van der Waals surface area contributed by atoms with Gasteiger partial charge in [0.1, 0.15) is 28.2 Å². The summed E-state index contributed by atoms with van der Waals surface area (Å²) in [5.41, 5.74) is 3.02. The van der Waals surface area contributed by atoms with Crippen molar-refractivity contribution in [2.45, 2.75) is 25.0 Å². The van der Waals surface area contributed by atoms with Crippen molar-refractivity contribution < 1.29 is 13.5 Å². The third kappa shape index (κ3) is 3.64. The molecule has 158 valence electrons. The van der Waals surface area contributed by atoms with Crippen LogP contribution in [0.25, 0.3) is 22.4 Å². The van der Waals surface area contributed by atoms with Crippen LogP contribution in [-0.4, -0.2) is 26.4 Å². The number of fused-ring (bicyclic) bond motifs is 2. The summed E-state index contributed by atoms with van der Waals surface area (Å²) in [7, 11) is 0. The quantitative estimate of drug-likeness (QED) is 0.363. The van der Waals surface area contributed by atoms with E-state index in [0.29, 0.717) is 23.3 Å². The summed E-state index contributed by atoms with van der Waals surface area (Å²) < 4.78 is 36.1. The third-order valence-corrected chi connectivity index (χ3v) is 6.41. The summed E-state index contributed by atoms with van der Waals surface area (Å²) in [6.45, 7) is 2.00. The molecule has 0 unspecified atom stereocenters. The minimum absolute atomic E-state index is 0.0842. The Hall–Kier alpha value is -2.71. The summed E-state index contributed by atoms with van der Waals surface area (Å²) in [5, 5.41) is 5.84. The number of hydrogen-bond acceptors (Lipinski definition) is 5. The molecule has 4 aromatic rings. The average molecular weight is 459 g/mol. The number of nitrogens with zero attached hydrogens (tertiary/aromatic N) is 4. The Morgan fingerprint density at radius 2 is 1.90 bits per heavy atom. The van der Waals surface area contributed by atoms with Gasteiger partial charge in [0.05, 0.1) is 24.4 Å². The maximum atomic E-state index is 14.6. The molecule has 0 aliphatic carbocycles. The topological polar surface area (TPSA) is 52.8 Å². The maximum Gasteiger partial charge on any atom is 0.182 e. The van der Waals surface area contributed by atoms with Crippen LogP contribution < -0.4 is 4.74 Å². The highest BCUT2D eigenvalue weighted by atomic mass is 35.5. The summed E-state index contributed by atoms with van der Waals surface area (Å²) in [5.74, 6) is 0.767. The van der Waals surface area contributed by atoms with Gasteiger partial charge >= 0.3 is 0 Å². The lowest BCUT2D eigenvalue weighted by atomic mass is 10.1. The zero-order chi connectivity index (χ0) is 21.5. The smallest absolute Gasteiger partial charge is 0.182 e. The van der Waals surface area contributed by atoms with Gasteiger partial charge in [0.15, 0.2) is 5.82 Å². The van der Waals surface area contributed by atoms with Crippen molar-refractivity contribution in [2.75, 3.05) is 6.61 Å². The first-order chi connectivity index (χ1) is 15.0. The highest BCUT2D eigenvalue weighted by molar-refractivity contribution is 7.98. The fourth-order valence-electron chi connectivity index (χ4n) is 3.66. The molecular formula is C22H17ClF2N4OS. The fraction of sp³-hybridized carbons (Fsp3) is 0.227. The Balaban J connectivity index is 1.60. The second-order valence-electron chi connectivity index (χ2n) is 7.08. The number of para-hydroxylation sites is 1. The first kappa shape index (κ1) is 20.2. The molecule has 3 heterocycles. The van der Waals surface area contributed by atoms with Crippen molar-refractivity contribution in [1.82, 2.24) is 19.7 Å². The van der Waals surface area contributed by atoms with Crippen LogP contribution in [0.1, 0.15) is 23.7 Å². The number of benzene rings is 2. The van der Waals surface area contributed by atoms with Gasteiger partial charge < -0.3 is 4.74 Å². The van der Waals surface area contributed by atoms with Crippen LogP contribution in [0.4, 0.5) is 8.78 Å². The average Bonchev–Trinajstić information content (AvgIpc) is 3.36. The Morgan fingerprint density at radius 3 is 2.68 bits per heavy atom. The Labute approximate surface area is 186 Å². The van der Waals surface area contributed by atoms with Crippen molar-refractivity contribution in [2.24, 2.45) is 0 Å².